The van der Waals surface area contributed by atoms with E-state index in [0.717, 1.165) is 36.3 Å². The van der Waals surface area contributed by atoms with Gasteiger partial charge in [-0.05, 0) is 46.9 Å². The SMILES string of the molecule is CO[C@H]1c2c(oc(-c3ccccc3)c2I)CC[C@@H]1Cc1ccccc1. The van der Waals surface area contributed by atoms with Crippen LogP contribution in [0.25, 0.3) is 11.3 Å². The van der Waals surface area contributed by atoms with Gasteiger partial charge in [0.05, 0.1) is 9.67 Å². The number of aryl methyl sites for hydroxylation is 1. The first-order chi connectivity index (χ1) is 12.3. The molecule has 2 aromatic carbocycles. The molecule has 3 heteroatoms. The molecule has 25 heavy (non-hydrogen) atoms. The van der Waals surface area contributed by atoms with Crippen LogP contribution in [0.2, 0.25) is 0 Å². The Morgan fingerprint density at radius 3 is 2.40 bits per heavy atom. The first kappa shape index (κ1) is 16.9. The van der Waals surface area contributed by atoms with Crippen LogP contribution in [0, 0.1) is 9.49 Å². The molecule has 0 saturated carbocycles. The number of hydrogen-bond donors (Lipinski definition) is 0. The van der Waals surface area contributed by atoms with Gasteiger partial charge in [0.2, 0.25) is 0 Å². The minimum absolute atomic E-state index is 0.0945. The summed E-state index contributed by atoms with van der Waals surface area (Å²) < 4.78 is 13.4. The molecular weight excluding hydrogens is 423 g/mol. The Morgan fingerprint density at radius 1 is 1.04 bits per heavy atom. The third kappa shape index (κ3) is 3.27. The Hall–Kier alpha value is -1.59. The van der Waals surface area contributed by atoms with Crippen LogP contribution >= 0.6 is 22.6 Å². The first-order valence-electron chi connectivity index (χ1n) is 8.71. The molecule has 3 aromatic rings. The summed E-state index contributed by atoms with van der Waals surface area (Å²) in [5.41, 5.74) is 3.77. The monoisotopic (exact) mass is 444 g/mol. The van der Waals surface area contributed by atoms with Crippen LogP contribution in [-0.2, 0) is 17.6 Å². The zero-order valence-corrected chi connectivity index (χ0v) is 16.4. The average Bonchev–Trinajstić information content (AvgIpc) is 3.00. The number of furan rings is 1. The molecule has 0 aliphatic heterocycles. The number of benzene rings is 2. The fourth-order valence-corrected chi connectivity index (χ4v) is 4.88. The lowest BCUT2D eigenvalue weighted by Gasteiger charge is -2.30. The molecule has 0 N–H and O–H groups in total. The molecule has 0 amide bonds. The summed E-state index contributed by atoms with van der Waals surface area (Å²) in [7, 11) is 1.82. The topological polar surface area (TPSA) is 22.4 Å². The molecule has 0 bridgehead atoms. The first-order valence-corrected chi connectivity index (χ1v) is 9.79. The fourth-order valence-electron chi connectivity index (χ4n) is 3.85. The van der Waals surface area contributed by atoms with E-state index in [2.05, 4.69) is 77.2 Å². The van der Waals surface area contributed by atoms with Crippen LogP contribution in [0.4, 0.5) is 0 Å². The summed E-state index contributed by atoms with van der Waals surface area (Å²) >= 11 is 2.43. The lowest BCUT2D eigenvalue weighted by molar-refractivity contribution is 0.0377. The van der Waals surface area contributed by atoms with Gasteiger partial charge in [0, 0.05) is 24.7 Å². The van der Waals surface area contributed by atoms with E-state index in [0.29, 0.717) is 5.92 Å². The van der Waals surface area contributed by atoms with E-state index in [9.17, 15) is 0 Å². The quantitative estimate of drug-likeness (QED) is 0.458. The minimum Gasteiger partial charge on any atom is -0.460 e. The largest absolute Gasteiger partial charge is 0.460 e. The minimum atomic E-state index is 0.0945. The number of hydrogen-bond acceptors (Lipinski definition) is 2. The molecule has 1 heterocycles. The van der Waals surface area contributed by atoms with Gasteiger partial charge in [0.15, 0.2) is 0 Å². The summed E-state index contributed by atoms with van der Waals surface area (Å²) in [6.45, 7) is 0. The van der Waals surface area contributed by atoms with Gasteiger partial charge >= 0.3 is 0 Å². The van der Waals surface area contributed by atoms with Crippen LogP contribution in [-0.4, -0.2) is 7.11 Å². The van der Waals surface area contributed by atoms with Gasteiger partial charge in [-0.3, -0.25) is 0 Å². The van der Waals surface area contributed by atoms with E-state index in [4.69, 9.17) is 9.15 Å². The van der Waals surface area contributed by atoms with E-state index in [-0.39, 0.29) is 6.10 Å². The summed E-state index contributed by atoms with van der Waals surface area (Å²) in [6, 6.07) is 21.1. The van der Waals surface area contributed by atoms with Crippen molar-refractivity contribution >= 4 is 22.6 Å². The maximum Gasteiger partial charge on any atom is 0.147 e. The van der Waals surface area contributed by atoms with Gasteiger partial charge < -0.3 is 9.15 Å². The van der Waals surface area contributed by atoms with Crippen LogP contribution < -0.4 is 0 Å². The van der Waals surface area contributed by atoms with Gasteiger partial charge in [-0.1, -0.05) is 60.7 Å². The van der Waals surface area contributed by atoms with E-state index < -0.39 is 0 Å². The normalized spacial score (nSPS) is 19.6. The van der Waals surface area contributed by atoms with Crippen molar-refractivity contribution in [3.05, 3.63) is 81.1 Å². The molecule has 1 aromatic heterocycles. The molecule has 1 aliphatic rings. The van der Waals surface area contributed by atoms with E-state index >= 15 is 0 Å². The van der Waals surface area contributed by atoms with Gasteiger partial charge in [0.25, 0.3) is 0 Å². The summed E-state index contributed by atoms with van der Waals surface area (Å²) in [6.07, 6.45) is 3.21. The van der Waals surface area contributed by atoms with Crippen LogP contribution in [0.1, 0.15) is 29.4 Å². The van der Waals surface area contributed by atoms with E-state index in [1.165, 1.54) is 14.7 Å². The van der Waals surface area contributed by atoms with Crippen LogP contribution in [0.15, 0.2) is 65.1 Å². The highest BCUT2D eigenvalue weighted by molar-refractivity contribution is 14.1. The number of fused-ring (bicyclic) bond motifs is 1. The zero-order chi connectivity index (χ0) is 17.2. The Balaban J connectivity index is 1.69. The van der Waals surface area contributed by atoms with Crippen LogP contribution in [0.5, 0.6) is 0 Å². The standard InChI is InChI=1S/C22H21IO2/c1-24-21-17(14-15-8-4-2-5-9-15)12-13-18-19(21)20(23)22(25-18)16-10-6-3-7-11-16/h2-11,17,21H,12-14H2,1H3/t17-,21-/m1/s1. The predicted octanol–water partition coefficient (Wildman–Crippen LogP) is 6.04. The molecule has 2 atom stereocenters. The summed E-state index contributed by atoms with van der Waals surface area (Å²) in [5.74, 6) is 2.56. The Labute approximate surface area is 162 Å². The third-order valence-corrected chi connectivity index (χ3v) is 6.12. The van der Waals surface area contributed by atoms with Crippen molar-refractivity contribution in [1.82, 2.24) is 0 Å². The zero-order valence-electron chi connectivity index (χ0n) is 14.2. The highest BCUT2D eigenvalue weighted by atomic mass is 127. The van der Waals surface area contributed by atoms with Gasteiger partial charge in [-0.15, -0.1) is 0 Å². The number of halogens is 1. The molecule has 2 nitrogen and oxygen atoms in total. The van der Waals surface area contributed by atoms with Crippen molar-refractivity contribution in [3.8, 4) is 11.3 Å². The molecule has 128 valence electrons. The molecule has 0 saturated heterocycles. The molecule has 0 radical (unpaired) electrons. The predicted molar refractivity (Wildman–Crippen MR) is 109 cm³/mol. The number of rotatable bonds is 4. The second kappa shape index (κ2) is 7.34. The summed E-state index contributed by atoms with van der Waals surface area (Å²) in [5, 5.41) is 0. The second-order valence-corrected chi connectivity index (χ2v) is 7.67. The van der Waals surface area contributed by atoms with E-state index in [1.807, 2.05) is 13.2 Å². The van der Waals surface area contributed by atoms with Crippen molar-refractivity contribution in [1.29, 1.82) is 0 Å². The molecule has 0 spiro atoms. The molecule has 4 rings (SSSR count). The Kier molecular flexibility index (Phi) is 4.95. The third-order valence-electron chi connectivity index (χ3n) is 5.05. The van der Waals surface area contributed by atoms with Crippen molar-refractivity contribution in [2.75, 3.05) is 7.11 Å². The molecule has 0 unspecified atom stereocenters. The molecule has 0 fully saturated rings. The van der Waals surface area contributed by atoms with Crippen molar-refractivity contribution in [2.24, 2.45) is 5.92 Å². The van der Waals surface area contributed by atoms with Crippen LogP contribution in [0.3, 0.4) is 0 Å². The van der Waals surface area contributed by atoms with Crippen molar-refractivity contribution in [3.63, 3.8) is 0 Å². The number of methoxy groups -OCH3 is 1. The maximum atomic E-state index is 6.27. The highest BCUT2D eigenvalue weighted by Crippen LogP contribution is 2.45. The van der Waals surface area contributed by atoms with Gasteiger partial charge in [-0.2, -0.15) is 0 Å². The molecular formula is C22H21IO2. The van der Waals surface area contributed by atoms with Crippen molar-refractivity contribution in [2.45, 2.75) is 25.4 Å². The Bertz CT molecular complexity index is 839. The van der Waals surface area contributed by atoms with Gasteiger partial charge in [-0.25, -0.2) is 0 Å². The van der Waals surface area contributed by atoms with E-state index in [1.54, 1.807) is 0 Å². The smallest absolute Gasteiger partial charge is 0.147 e. The summed E-state index contributed by atoms with van der Waals surface area (Å²) in [4.78, 5) is 0. The Morgan fingerprint density at radius 2 is 1.72 bits per heavy atom. The van der Waals surface area contributed by atoms with Crippen molar-refractivity contribution < 1.29 is 9.15 Å². The van der Waals surface area contributed by atoms with Gasteiger partial charge in [0.1, 0.15) is 11.5 Å². The fraction of sp³-hybridized carbons (Fsp3) is 0.273. The number of ether oxygens (including phenoxy) is 1. The lowest BCUT2D eigenvalue weighted by Crippen LogP contribution is -2.23. The highest BCUT2D eigenvalue weighted by Gasteiger charge is 2.35. The lowest BCUT2D eigenvalue weighted by atomic mass is 9.81. The maximum absolute atomic E-state index is 6.27. The molecule has 1 aliphatic carbocycles. The average molecular weight is 444 g/mol. The second-order valence-electron chi connectivity index (χ2n) is 6.59.